The molecule has 0 saturated heterocycles. The van der Waals surface area contributed by atoms with Crippen molar-refractivity contribution >= 4 is 16.3 Å². The summed E-state index contributed by atoms with van der Waals surface area (Å²) in [6.07, 6.45) is 0. The molecule has 1 rings (SSSR count). The van der Waals surface area contributed by atoms with Crippen LogP contribution in [0.3, 0.4) is 0 Å². The molecule has 1 heterocycles. The average Bonchev–Trinajstić information content (AvgIpc) is 2.65. The molecule has 3 heteroatoms. The summed E-state index contributed by atoms with van der Waals surface area (Å²) in [5.41, 5.74) is 0. The Morgan fingerprint density at radius 2 is 2.29 bits per heavy atom. The molecule has 2 nitrogen and oxygen atoms in total. The monoisotopic (exact) mass is 208 g/mol. The van der Waals surface area contributed by atoms with Gasteiger partial charge in [0.2, 0.25) is 0 Å². The standard InChI is InChI=1S/C11H16N2S/c1-9(2)10(7-12)8-13(3)11-5-4-6-14-11/h4-6,9-10H,8H2,1-3H3. The Morgan fingerprint density at radius 1 is 1.57 bits per heavy atom. The first-order valence-electron chi connectivity index (χ1n) is 4.79. The first kappa shape index (κ1) is 11.1. The molecule has 0 spiro atoms. The second-order valence-electron chi connectivity index (χ2n) is 3.81. The fourth-order valence-electron chi connectivity index (χ4n) is 1.27. The van der Waals surface area contributed by atoms with E-state index in [9.17, 15) is 0 Å². The highest BCUT2D eigenvalue weighted by molar-refractivity contribution is 7.14. The van der Waals surface area contributed by atoms with Crippen molar-refractivity contribution in [1.29, 1.82) is 5.26 Å². The van der Waals surface area contributed by atoms with Crippen molar-refractivity contribution in [3.05, 3.63) is 17.5 Å². The van der Waals surface area contributed by atoms with Crippen molar-refractivity contribution in [2.24, 2.45) is 11.8 Å². The van der Waals surface area contributed by atoms with Gasteiger partial charge in [-0.25, -0.2) is 0 Å². The molecule has 76 valence electrons. The zero-order valence-corrected chi connectivity index (χ0v) is 9.71. The normalized spacial score (nSPS) is 12.5. The SMILES string of the molecule is CC(C)C(C#N)CN(C)c1cccs1. The first-order chi connectivity index (χ1) is 6.65. The van der Waals surface area contributed by atoms with Gasteiger partial charge in [0.05, 0.1) is 17.0 Å². The van der Waals surface area contributed by atoms with Crippen molar-refractivity contribution in [2.75, 3.05) is 18.5 Å². The number of hydrogen-bond donors (Lipinski definition) is 0. The van der Waals surface area contributed by atoms with E-state index in [1.165, 1.54) is 5.00 Å². The van der Waals surface area contributed by atoms with E-state index in [0.29, 0.717) is 5.92 Å². The molecule has 1 aromatic rings. The maximum Gasteiger partial charge on any atom is 0.0906 e. The summed E-state index contributed by atoms with van der Waals surface area (Å²) >= 11 is 1.71. The molecular weight excluding hydrogens is 192 g/mol. The molecule has 0 fully saturated rings. The summed E-state index contributed by atoms with van der Waals surface area (Å²) in [7, 11) is 2.04. The second kappa shape index (κ2) is 5.02. The molecular formula is C11H16N2S. The van der Waals surface area contributed by atoms with Crippen LogP contribution in [0.15, 0.2) is 17.5 Å². The molecule has 1 atom stereocenters. The van der Waals surface area contributed by atoms with Crippen molar-refractivity contribution in [3.63, 3.8) is 0 Å². The minimum atomic E-state index is 0.113. The van der Waals surface area contributed by atoms with E-state index in [1.807, 2.05) is 13.1 Å². The summed E-state index contributed by atoms with van der Waals surface area (Å²) < 4.78 is 0. The maximum absolute atomic E-state index is 8.97. The highest BCUT2D eigenvalue weighted by Crippen LogP contribution is 2.22. The van der Waals surface area contributed by atoms with Gasteiger partial charge >= 0.3 is 0 Å². The number of hydrogen-bond acceptors (Lipinski definition) is 3. The zero-order chi connectivity index (χ0) is 10.6. The Hall–Kier alpha value is -1.01. The number of rotatable bonds is 4. The molecule has 0 bridgehead atoms. The Morgan fingerprint density at radius 3 is 2.71 bits per heavy atom. The molecule has 0 amide bonds. The number of nitrogens with zero attached hydrogens (tertiary/aromatic N) is 2. The minimum absolute atomic E-state index is 0.113. The summed E-state index contributed by atoms with van der Waals surface area (Å²) in [6, 6.07) is 6.48. The lowest BCUT2D eigenvalue weighted by Gasteiger charge is -2.22. The smallest absolute Gasteiger partial charge is 0.0906 e. The van der Waals surface area contributed by atoms with Crippen LogP contribution in [-0.4, -0.2) is 13.6 Å². The van der Waals surface area contributed by atoms with Gasteiger partial charge in [-0.1, -0.05) is 13.8 Å². The minimum Gasteiger partial charge on any atom is -0.365 e. The highest BCUT2D eigenvalue weighted by atomic mass is 32.1. The average molecular weight is 208 g/mol. The molecule has 0 saturated carbocycles. The Kier molecular flexibility index (Phi) is 3.97. The molecule has 0 radical (unpaired) electrons. The lowest BCUT2D eigenvalue weighted by molar-refractivity contribution is 0.478. The summed E-state index contributed by atoms with van der Waals surface area (Å²) in [5.74, 6) is 0.532. The molecule has 14 heavy (non-hydrogen) atoms. The van der Waals surface area contributed by atoms with Gasteiger partial charge in [0.15, 0.2) is 0 Å². The Balaban J connectivity index is 2.56. The molecule has 0 aliphatic heterocycles. The summed E-state index contributed by atoms with van der Waals surface area (Å²) in [4.78, 5) is 2.15. The van der Waals surface area contributed by atoms with Crippen LogP contribution in [0.5, 0.6) is 0 Å². The largest absolute Gasteiger partial charge is 0.365 e. The number of thiophene rings is 1. The van der Waals surface area contributed by atoms with E-state index in [1.54, 1.807) is 11.3 Å². The third-order valence-electron chi connectivity index (χ3n) is 2.32. The molecule has 0 N–H and O–H groups in total. The Bertz CT molecular complexity index is 298. The highest BCUT2D eigenvalue weighted by Gasteiger charge is 2.15. The summed E-state index contributed by atoms with van der Waals surface area (Å²) in [5, 5.41) is 12.3. The predicted molar refractivity (Wildman–Crippen MR) is 61.5 cm³/mol. The van der Waals surface area contributed by atoms with E-state index in [2.05, 4.69) is 36.3 Å². The van der Waals surface area contributed by atoms with E-state index in [-0.39, 0.29) is 5.92 Å². The van der Waals surface area contributed by atoms with Crippen LogP contribution in [0.2, 0.25) is 0 Å². The third kappa shape index (κ3) is 2.74. The van der Waals surface area contributed by atoms with Crippen LogP contribution in [0.25, 0.3) is 0 Å². The van der Waals surface area contributed by atoms with Gasteiger partial charge < -0.3 is 4.90 Å². The first-order valence-corrected chi connectivity index (χ1v) is 5.67. The number of nitriles is 1. The van der Waals surface area contributed by atoms with Crippen molar-refractivity contribution < 1.29 is 0 Å². The van der Waals surface area contributed by atoms with Gasteiger partial charge in [-0.2, -0.15) is 5.26 Å². The van der Waals surface area contributed by atoms with Crippen LogP contribution >= 0.6 is 11.3 Å². The van der Waals surface area contributed by atoms with Crippen molar-refractivity contribution in [2.45, 2.75) is 13.8 Å². The second-order valence-corrected chi connectivity index (χ2v) is 4.74. The van der Waals surface area contributed by atoms with Gasteiger partial charge in [0, 0.05) is 13.6 Å². The predicted octanol–water partition coefficient (Wildman–Crippen LogP) is 2.98. The molecule has 1 aromatic heterocycles. The lowest BCUT2D eigenvalue weighted by Crippen LogP contribution is -2.26. The van der Waals surface area contributed by atoms with Gasteiger partial charge in [-0.3, -0.25) is 0 Å². The van der Waals surface area contributed by atoms with E-state index >= 15 is 0 Å². The fourth-order valence-corrected chi connectivity index (χ4v) is 1.98. The van der Waals surface area contributed by atoms with Crippen LogP contribution in [0.4, 0.5) is 5.00 Å². The van der Waals surface area contributed by atoms with E-state index in [4.69, 9.17) is 5.26 Å². The lowest BCUT2D eigenvalue weighted by atomic mass is 9.97. The van der Waals surface area contributed by atoms with E-state index in [0.717, 1.165) is 6.54 Å². The maximum atomic E-state index is 8.97. The molecule has 0 aromatic carbocycles. The fraction of sp³-hybridized carbons (Fsp3) is 0.545. The molecule has 1 unspecified atom stereocenters. The number of anilines is 1. The van der Waals surface area contributed by atoms with Crippen LogP contribution in [0, 0.1) is 23.2 Å². The quantitative estimate of drug-likeness (QED) is 0.760. The molecule has 0 aliphatic carbocycles. The van der Waals surface area contributed by atoms with Crippen molar-refractivity contribution in [1.82, 2.24) is 0 Å². The van der Waals surface area contributed by atoms with Crippen molar-refractivity contribution in [3.8, 4) is 6.07 Å². The van der Waals surface area contributed by atoms with Crippen LogP contribution < -0.4 is 4.90 Å². The van der Waals surface area contributed by atoms with Crippen LogP contribution in [0.1, 0.15) is 13.8 Å². The Labute approximate surface area is 89.8 Å². The van der Waals surface area contributed by atoms with Gasteiger partial charge in [0.1, 0.15) is 0 Å². The van der Waals surface area contributed by atoms with Gasteiger partial charge in [-0.05, 0) is 23.4 Å². The summed E-state index contributed by atoms with van der Waals surface area (Å²) in [6.45, 7) is 5.00. The van der Waals surface area contributed by atoms with Crippen LogP contribution in [-0.2, 0) is 0 Å². The van der Waals surface area contributed by atoms with Gasteiger partial charge in [-0.15, -0.1) is 11.3 Å². The topological polar surface area (TPSA) is 27.0 Å². The van der Waals surface area contributed by atoms with E-state index < -0.39 is 0 Å². The third-order valence-corrected chi connectivity index (χ3v) is 3.31. The molecule has 0 aliphatic rings. The van der Waals surface area contributed by atoms with Gasteiger partial charge in [0.25, 0.3) is 0 Å². The zero-order valence-electron chi connectivity index (χ0n) is 8.90.